The van der Waals surface area contributed by atoms with E-state index in [9.17, 15) is 0 Å². The topological polar surface area (TPSA) is 32.3 Å². The molecule has 14 heavy (non-hydrogen) atoms. The van der Waals surface area contributed by atoms with E-state index in [0.717, 1.165) is 0 Å². The first kappa shape index (κ1) is 10.1. The molecule has 1 aromatic rings. The van der Waals surface area contributed by atoms with Crippen LogP contribution in [0.15, 0.2) is 11.4 Å². The monoisotopic (exact) mass is 211 g/mol. The average molecular weight is 211 g/mol. The van der Waals surface area contributed by atoms with Crippen LogP contribution in [-0.4, -0.2) is 17.8 Å². The Kier molecular flexibility index (Phi) is 3.21. The molecule has 3 heteroatoms. The van der Waals surface area contributed by atoms with Crippen LogP contribution in [0.5, 0.6) is 0 Å². The van der Waals surface area contributed by atoms with Crippen LogP contribution in [-0.2, 0) is 6.42 Å². The van der Waals surface area contributed by atoms with E-state index in [0.29, 0.717) is 6.04 Å². The van der Waals surface area contributed by atoms with Crippen LogP contribution in [0.1, 0.15) is 36.2 Å². The van der Waals surface area contributed by atoms with Gasteiger partial charge in [0, 0.05) is 17.0 Å². The second-order valence-electron chi connectivity index (χ2n) is 3.99. The van der Waals surface area contributed by atoms with E-state index in [4.69, 9.17) is 5.11 Å². The minimum Gasteiger partial charge on any atom is -0.395 e. The van der Waals surface area contributed by atoms with Crippen LogP contribution in [0, 0.1) is 0 Å². The van der Waals surface area contributed by atoms with Crippen molar-refractivity contribution in [2.45, 2.75) is 38.3 Å². The van der Waals surface area contributed by atoms with Gasteiger partial charge in [-0.1, -0.05) is 0 Å². The van der Waals surface area contributed by atoms with Crippen LogP contribution in [0.25, 0.3) is 0 Å². The SMILES string of the molecule is CC(CO)NC1CCCc2sccc21. The summed E-state index contributed by atoms with van der Waals surface area (Å²) in [6.07, 6.45) is 3.70. The Morgan fingerprint density at radius 2 is 2.57 bits per heavy atom. The maximum Gasteiger partial charge on any atom is 0.0582 e. The molecule has 0 saturated heterocycles. The zero-order valence-electron chi connectivity index (χ0n) is 8.49. The largest absolute Gasteiger partial charge is 0.395 e. The third-order valence-corrected chi connectivity index (χ3v) is 3.81. The summed E-state index contributed by atoms with van der Waals surface area (Å²) in [7, 11) is 0. The van der Waals surface area contributed by atoms with Gasteiger partial charge in [0.2, 0.25) is 0 Å². The van der Waals surface area contributed by atoms with Crippen LogP contribution in [0.3, 0.4) is 0 Å². The van der Waals surface area contributed by atoms with Gasteiger partial charge in [0.1, 0.15) is 0 Å². The average Bonchev–Trinajstić information content (AvgIpc) is 2.66. The lowest BCUT2D eigenvalue weighted by Crippen LogP contribution is -2.34. The first-order chi connectivity index (χ1) is 6.81. The van der Waals surface area contributed by atoms with Crippen LogP contribution in [0.2, 0.25) is 0 Å². The molecular formula is C11H17NOS. The summed E-state index contributed by atoms with van der Waals surface area (Å²) in [4.78, 5) is 1.53. The Labute approximate surface area is 89.0 Å². The smallest absolute Gasteiger partial charge is 0.0582 e. The molecule has 0 fully saturated rings. The predicted octanol–water partition coefficient (Wildman–Crippen LogP) is 2.10. The van der Waals surface area contributed by atoms with E-state index in [1.54, 1.807) is 0 Å². The maximum absolute atomic E-state index is 9.00. The molecule has 0 aliphatic heterocycles. The first-order valence-electron chi connectivity index (χ1n) is 5.24. The normalized spacial score (nSPS) is 23.1. The third-order valence-electron chi connectivity index (χ3n) is 2.81. The van der Waals surface area contributed by atoms with Gasteiger partial charge in [-0.3, -0.25) is 0 Å². The fraction of sp³-hybridized carbons (Fsp3) is 0.636. The molecule has 0 saturated carbocycles. The van der Waals surface area contributed by atoms with Gasteiger partial charge >= 0.3 is 0 Å². The van der Waals surface area contributed by atoms with Gasteiger partial charge in [0.25, 0.3) is 0 Å². The van der Waals surface area contributed by atoms with Crippen LogP contribution in [0.4, 0.5) is 0 Å². The summed E-state index contributed by atoms with van der Waals surface area (Å²) in [6, 6.07) is 2.89. The van der Waals surface area contributed by atoms with Crippen molar-refractivity contribution in [3.05, 3.63) is 21.9 Å². The molecule has 2 unspecified atom stereocenters. The second kappa shape index (κ2) is 4.43. The molecule has 0 aromatic carbocycles. The molecule has 78 valence electrons. The number of thiophene rings is 1. The summed E-state index contributed by atoms with van der Waals surface area (Å²) in [5, 5.41) is 14.6. The van der Waals surface area contributed by atoms with E-state index in [1.807, 2.05) is 18.3 Å². The molecule has 0 radical (unpaired) electrons. The molecule has 1 aliphatic carbocycles. The van der Waals surface area contributed by atoms with Crippen molar-refractivity contribution in [2.24, 2.45) is 0 Å². The Bertz CT molecular complexity index is 297. The molecule has 2 atom stereocenters. The fourth-order valence-corrected chi connectivity index (χ4v) is 3.04. The van der Waals surface area contributed by atoms with Gasteiger partial charge in [-0.2, -0.15) is 0 Å². The lowest BCUT2D eigenvalue weighted by Gasteiger charge is -2.26. The van der Waals surface area contributed by atoms with Crippen molar-refractivity contribution in [3.8, 4) is 0 Å². The van der Waals surface area contributed by atoms with E-state index in [1.165, 1.54) is 29.7 Å². The molecule has 1 heterocycles. The van der Waals surface area contributed by atoms with Gasteiger partial charge in [-0.15, -0.1) is 11.3 Å². The number of aryl methyl sites for hydroxylation is 1. The molecule has 0 amide bonds. The Morgan fingerprint density at radius 1 is 1.71 bits per heavy atom. The number of aliphatic hydroxyl groups is 1. The quantitative estimate of drug-likeness (QED) is 0.802. The first-order valence-corrected chi connectivity index (χ1v) is 6.12. The van der Waals surface area contributed by atoms with Crippen LogP contribution >= 0.6 is 11.3 Å². The van der Waals surface area contributed by atoms with Gasteiger partial charge in [0.15, 0.2) is 0 Å². The highest BCUT2D eigenvalue weighted by Gasteiger charge is 2.21. The molecule has 1 aliphatic rings. The standard InChI is InChI=1S/C11H17NOS/c1-8(7-13)12-10-3-2-4-11-9(10)5-6-14-11/h5-6,8,10,12-13H,2-4,7H2,1H3. The molecule has 1 aromatic heterocycles. The van der Waals surface area contributed by atoms with Crippen molar-refractivity contribution >= 4 is 11.3 Å². The van der Waals surface area contributed by atoms with Crippen molar-refractivity contribution < 1.29 is 5.11 Å². The third kappa shape index (κ3) is 2.00. The van der Waals surface area contributed by atoms with E-state index in [2.05, 4.69) is 16.8 Å². The number of hydrogen-bond donors (Lipinski definition) is 2. The Balaban J connectivity index is 2.08. The zero-order chi connectivity index (χ0) is 9.97. The van der Waals surface area contributed by atoms with E-state index in [-0.39, 0.29) is 12.6 Å². The summed E-state index contributed by atoms with van der Waals surface area (Å²) in [5.41, 5.74) is 1.46. The summed E-state index contributed by atoms with van der Waals surface area (Å²) in [5.74, 6) is 0. The van der Waals surface area contributed by atoms with Crippen molar-refractivity contribution in [1.29, 1.82) is 0 Å². The summed E-state index contributed by atoms with van der Waals surface area (Å²) >= 11 is 1.86. The fourth-order valence-electron chi connectivity index (χ4n) is 2.06. The van der Waals surface area contributed by atoms with Crippen molar-refractivity contribution in [3.63, 3.8) is 0 Å². The number of rotatable bonds is 3. The highest BCUT2D eigenvalue weighted by atomic mass is 32.1. The number of aliphatic hydroxyl groups excluding tert-OH is 1. The summed E-state index contributed by atoms with van der Waals surface area (Å²) in [6.45, 7) is 2.25. The number of nitrogens with one attached hydrogen (secondary N) is 1. The molecular weight excluding hydrogens is 194 g/mol. The predicted molar refractivity (Wildman–Crippen MR) is 59.7 cm³/mol. The van der Waals surface area contributed by atoms with E-state index >= 15 is 0 Å². The molecule has 0 bridgehead atoms. The van der Waals surface area contributed by atoms with E-state index < -0.39 is 0 Å². The molecule has 2 rings (SSSR count). The zero-order valence-corrected chi connectivity index (χ0v) is 9.31. The highest BCUT2D eigenvalue weighted by Crippen LogP contribution is 2.33. The number of hydrogen-bond acceptors (Lipinski definition) is 3. The molecule has 0 spiro atoms. The second-order valence-corrected chi connectivity index (χ2v) is 4.99. The van der Waals surface area contributed by atoms with Crippen LogP contribution < -0.4 is 5.32 Å². The molecule has 2 nitrogen and oxygen atoms in total. The van der Waals surface area contributed by atoms with Gasteiger partial charge in [-0.05, 0) is 43.2 Å². The maximum atomic E-state index is 9.00. The minimum absolute atomic E-state index is 0.200. The Hall–Kier alpha value is -0.380. The summed E-state index contributed by atoms with van der Waals surface area (Å²) < 4.78 is 0. The van der Waals surface area contributed by atoms with Crippen molar-refractivity contribution in [1.82, 2.24) is 5.32 Å². The van der Waals surface area contributed by atoms with Gasteiger partial charge in [0.05, 0.1) is 6.61 Å². The lowest BCUT2D eigenvalue weighted by molar-refractivity contribution is 0.236. The molecule has 2 N–H and O–H groups in total. The van der Waals surface area contributed by atoms with Crippen molar-refractivity contribution in [2.75, 3.05) is 6.61 Å². The highest BCUT2D eigenvalue weighted by molar-refractivity contribution is 7.10. The lowest BCUT2D eigenvalue weighted by atomic mass is 9.93. The Morgan fingerprint density at radius 3 is 3.36 bits per heavy atom. The van der Waals surface area contributed by atoms with Gasteiger partial charge in [-0.25, -0.2) is 0 Å². The minimum atomic E-state index is 0.200. The number of fused-ring (bicyclic) bond motifs is 1. The van der Waals surface area contributed by atoms with Gasteiger partial charge < -0.3 is 10.4 Å².